The van der Waals surface area contributed by atoms with Gasteiger partial charge in [-0.2, -0.15) is 5.10 Å². The van der Waals surface area contributed by atoms with Gasteiger partial charge in [-0.05, 0) is 0 Å². The van der Waals surface area contributed by atoms with Gasteiger partial charge in [-0.25, -0.2) is 13.4 Å². The van der Waals surface area contributed by atoms with Crippen LogP contribution in [0.1, 0.15) is 17.4 Å². The summed E-state index contributed by atoms with van der Waals surface area (Å²) in [6, 6.07) is -0.178. The van der Waals surface area contributed by atoms with Crippen LogP contribution < -0.4 is 0 Å². The molecule has 1 saturated heterocycles. The monoisotopic (exact) mass is 325 g/mol. The minimum Gasteiger partial charge on any atom is -0.378 e. The Kier molecular flexibility index (Phi) is 4.02. The lowest BCUT2D eigenvalue weighted by Crippen LogP contribution is -2.39. The van der Waals surface area contributed by atoms with Gasteiger partial charge in [0.15, 0.2) is 9.84 Å². The molecule has 0 amide bonds. The average molecular weight is 325 g/mol. The first-order valence-corrected chi connectivity index (χ1v) is 8.86. The van der Waals surface area contributed by atoms with Gasteiger partial charge in [0, 0.05) is 32.6 Å². The van der Waals surface area contributed by atoms with E-state index in [1.54, 1.807) is 6.33 Å². The number of ether oxygens (including phenoxy) is 1. The van der Waals surface area contributed by atoms with E-state index in [-0.39, 0.29) is 10.9 Å². The average Bonchev–Trinajstić information content (AvgIpc) is 3.08. The second kappa shape index (κ2) is 5.82. The van der Waals surface area contributed by atoms with Crippen LogP contribution in [0.3, 0.4) is 0 Å². The van der Waals surface area contributed by atoms with Crippen molar-refractivity contribution in [1.82, 2.24) is 24.6 Å². The van der Waals surface area contributed by atoms with Gasteiger partial charge in [0.25, 0.3) is 0 Å². The highest BCUT2D eigenvalue weighted by atomic mass is 32.2. The van der Waals surface area contributed by atoms with Crippen molar-refractivity contribution in [3.8, 4) is 0 Å². The maximum absolute atomic E-state index is 11.9. The molecule has 0 unspecified atom stereocenters. The lowest BCUT2D eigenvalue weighted by atomic mass is 10.1. The Balaban J connectivity index is 1.88. The third-order valence-corrected chi connectivity index (χ3v) is 4.85. The number of rotatable bonds is 4. The number of hydrogen-bond acceptors (Lipinski definition) is 6. The number of nitrogens with one attached hydrogen (secondary N) is 1. The van der Waals surface area contributed by atoms with Crippen molar-refractivity contribution in [2.24, 2.45) is 7.05 Å². The molecule has 0 saturated carbocycles. The zero-order valence-electron chi connectivity index (χ0n) is 12.6. The van der Waals surface area contributed by atoms with Crippen LogP contribution in [0, 0.1) is 0 Å². The second-order valence-corrected chi connectivity index (χ2v) is 7.50. The molecule has 22 heavy (non-hydrogen) atoms. The van der Waals surface area contributed by atoms with Gasteiger partial charge in [-0.1, -0.05) is 0 Å². The van der Waals surface area contributed by atoms with Crippen LogP contribution in [0.2, 0.25) is 0 Å². The van der Waals surface area contributed by atoms with Crippen molar-refractivity contribution in [1.29, 1.82) is 0 Å². The number of morpholine rings is 1. The molecule has 1 aliphatic heterocycles. The van der Waals surface area contributed by atoms with E-state index in [2.05, 4.69) is 20.1 Å². The summed E-state index contributed by atoms with van der Waals surface area (Å²) in [5.74, 6) is 0. The van der Waals surface area contributed by atoms with E-state index in [4.69, 9.17) is 4.74 Å². The Bertz CT molecular complexity index is 751. The molecule has 1 atom stereocenters. The molecule has 0 spiro atoms. The summed E-state index contributed by atoms with van der Waals surface area (Å²) in [6.07, 6.45) is 6.26. The highest BCUT2D eigenvalue weighted by Gasteiger charge is 2.31. The van der Waals surface area contributed by atoms with E-state index >= 15 is 0 Å². The van der Waals surface area contributed by atoms with Crippen molar-refractivity contribution in [2.45, 2.75) is 17.5 Å². The van der Waals surface area contributed by atoms with E-state index in [1.807, 2.05) is 17.8 Å². The molecular weight excluding hydrogens is 306 g/mol. The van der Waals surface area contributed by atoms with Crippen molar-refractivity contribution >= 4 is 9.84 Å². The summed E-state index contributed by atoms with van der Waals surface area (Å²) in [4.78, 5) is 6.72. The van der Waals surface area contributed by atoms with Crippen LogP contribution >= 0.6 is 0 Å². The summed E-state index contributed by atoms with van der Waals surface area (Å²) in [5.41, 5.74) is 1.52. The summed E-state index contributed by atoms with van der Waals surface area (Å²) in [5, 5.41) is 6.73. The Morgan fingerprint density at radius 3 is 3.00 bits per heavy atom. The maximum Gasteiger partial charge on any atom is 0.178 e. The molecule has 2 aromatic rings. The molecule has 1 fully saturated rings. The van der Waals surface area contributed by atoms with Gasteiger partial charge in [0.2, 0.25) is 0 Å². The van der Waals surface area contributed by atoms with Crippen LogP contribution in [0.5, 0.6) is 0 Å². The van der Waals surface area contributed by atoms with E-state index < -0.39 is 9.84 Å². The number of aromatic amines is 1. The van der Waals surface area contributed by atoms with Gasteiger partial charge < -0.3 is 9.30 Å². The summed E-state index contributed by atoms with van der Waals surface area (Å²) in [6.45, 7) is 2.39. The minimum atomic E-state index is -3.33. The van der Waals surface area contributed by atoms with Gasteiger partial charge in [-0.15, -0.1) is 0 Å². The third-order valence-electron chi connectivity index (χ3n) is 3.73. The SMILES string of the molecule is Cn1cnc(CN2CCOC[C@@H]2c2[nH]ncc2S(C)(=O)=O)c1. The van der Waals surface area contributed by atoms with E-state index in [0.717, 1.165) is 5.69 Å². The Morgan fingerprint density at radius 1 is 1.50 bits per heavy atom. The first-order chi connectivity index (χ1) is 10.4. The molecule has 9 heteroatoms. The predicted molar refractivity (Wildman–Crippen MR) is 78.9 cm³/mol. The number of imidazole rings is 1. The van der Waals surface area contributed by atoms with Crippen molar-refractivity contribution in [2.75, 3.05) is 26.0 Å². The predicted octanol–water partition coefficient (Wildman–Crippen LogP) is 0.120. The van der Waals surface area contributed by atoms with E-state index in [1.165, 1.54) is 12.5 Å². The molecule has 1 aliphatic rings. The van der Waals surface area contributed by atoms with Crippen molar-refractivity contribution in [3.63, 3.8) is 0 Å². The Hall–Kier alpha value is -1.71. The normalized spacial score (nSPS) is 20.4. The molecule has 1 N–H and O–H groups in total. The highest BCUT2D eigenvalue weighted by Crippen LogP contribution is 2.28. The highest BCUT2D eigenvalue weighted by molar-refractivity contribution is 7.90. The topological polar surface area (TPSA) is 93.1 Å². The number of nitrogens with zero attached hydrogens (tertiary/aromatic N) is 4. The van der Waals surface area contributed by atoms with E-state index in [0.29, 0.717) is 32.0 Å². The molecule has 0 bridgehead atoms. The summed E-state index contributed by atoms with van der Waals surface area (Å²) >= 11 is 0. The van der Waals surface area contributed by atoms with Gasteiger partial charge in [-0.3, -0.25) is 10.00 Å². The summed E-state index contributed by atoms with van der Waals surface area (Å²) < 4.78 is 31.2. The number of aryl methyl sites for hydroxylation is 1. The Labute approximate surface area is 129 Å². The molecular formula is C13H19N5O3S. The molecule has 8 nitrogen and oxygen atoms in total. The van der Waals surface area contributed by atoms with Crippen LogP contribution in [0.15, 0.2) is 23.6 Å². The van der Waals surface area contributed by atoms with Crippen LogP contribution in [-0.2, 0) is 28.2 Å². The first-order valence-electron chi connectivity index (χ1n) is 6.97. The number of sulfone groups is 1. The molecule has 120 valence electrons. The zero-order valence-corrected chi connectivity index (χ0v) is 13.4. The zero-order chi connectivity index (χ0) is 15.7. The molecule has 3 rings (SSSR count). The number of aromatic nitrogens is 4. The maximum atomic E-state index is 11.9. The fourth-order valence-electron chi connectivity index (χ4n) is 2.67. The molecule has 2 aromatic heterocycles. The number of H-pyrrole nitrogens is 1. The largest absolute Gasteiger partial charge is 0.378 e. The quantitative estimate of drug-likeness (QED) is 0.858. The number of hydrogen-bond donors (Lipinski definition) is 1. The van der Waals surface area contributed by atoms with Gasteiger partial charge in [0.1, 0.15) is 4.90 Å². The smallest absolute Gasteiger partial charge is 0.178 e. The van der Waals surface area contributed by atoms with Crippen LogP contribution in [0.4, 0.5) is 0 Å². The van der Waals surface area contributed by atoms with Crippen molar-refractivity contribution in [3.05, 3.63) is 30.1 Å². The standard InChI is InChI=1S/C13H19N5O3S/c1-17-6-10(14-9-17)7-18-3-4-21-8-11(18)13-12(5-15-16-13)22(2,19)20/h5-6,9,11H,3-4,7-8H2,1-2H3,(H,15,16)/t11-/m1/s1. The Morgan fingerprint density at radius 2 is 2.32 bits per heavy atom. The fourth-order valence-corrected chi connectivity index (χ4v) is 3.49. The van der Waals surface area contributed by atoms with Crippen LogP contribution in [0.25, 0.3) is 0 Å². The minimum absolute atomic E-state index is 0.178. The lowest BCUT2D eigenvalue weighted by molar-refractivity contribution is -0.0157. The molecule has 0 aliphatic carbocycles. The molecule has 0 radical (unpaired) electrons. The molecule has 3 heterocycles. The lowest BCUT2D eigenvalue weighted by Gasteiger charge is -2.34. The van der Waals surface area contributed by atoms with Crippen molar-refractivity contribution < 1.29 is 13.2 Å². The van der Waals surface area contributed by atoms with E-state index in [9.17, 15) is 8.42 Å². The first kappa shape index (κ1) is 15.2. The molecule has 0 aromatic carbocycles. The second-order valence-electron chi connectivity index (χ2n) is 5.51. The van der Waals surface area contributed by atoms with Gasteiger partial charge in [0.05, 0.1) is 43.2 Å². The third kappa shape index (κ3) is 3.06. The van der Waals surface area contributed by atoms with Gasteiger partial charge >= 0.3 is 0 Å². The fraction of sp³-hybridized carbons (Fsp3) is 0.538. The summed E-state index contributed by atoms with van der Waals surface area (Å²) in [7, 11) is -1.41. The van der Waals surface area contributed by atoms with Crippen LogP contribution in [-0.4, -0.2) is 59.1 Å².